The molecule has 1 aromatic carbocycles. The summed E-state index contributed by atoms with van der Waals surface area (Å²) in [6.07, 6.45) is 1.49. The Balaban J connectivity index is 2.63. The molecule has 0 aromatic heterocycles. The summed E-state index contributed by atoms with van der Waals surface area (Å²) >= 11 is 5.75. The second kappa shape index (κ2) is 4.07. The minimum absolute atomic E-state index is 0.191. The number of hydrogen-bond donors (Lipinski definition) is 0. The fraction of sp³-hybridized carbons (Fsp3) is 0.125. The van der Waals surface area contributed by atoms with Gasteiger partial charge < -0.3 is 0 Å². The lowest BCUT2D eigenvalue weighted by Gasteiger charge is -1.98. The molecule has 1 aromatic rings. The van der Waals surface area contributed by atoms with Crippen LogP contribution in [0.4, 0.5) is 0 Å². The van der Waals surface area contributed by atoms with Gasteiger partial charge in [-0.15, -0.1) is 0 Å². The van der Waals surface area contributed by atoms with Crippen molar-refractivity contribution in [3.05, 3.63) is 51.4 Å². The van der Waals surface area contributed by atoms with Crippen LogP contribution in [-0.2, 0) is 0 Å². The Morgan fingerprint density at radius 1 is 1.50 bits per heavy atom. The average molecular weight is 185 g/mol. The summed E-state index contributed by atoms with van der Waals surface area (Å²) in [5.74, 6) is 0. The van der Waals surface area contributed by atoms with Gasteiger partial charge in [0.05, 0.1) is 6.42 Å². The van der Waals surface area contributed by atoms with Gasteiger partial charge in [-0.25, -0.2) is 0 Å². The monoisotopic (exact) mass is 184 g/mol. The maximum Gasteiger partial charge on any atom is 0.211 e. The molecule has 0 amide bonds. The SMILES string of the molecule is O=[N+]([O-])C[CH]c1ccccc1Cl. The highest BCUT2D eigenvalue weighted by atomic mass is 35.5. The van der Waals surface area contributed by atoms with Crippen molar-refractivity contribution in [3.63, 3.8) is 0 Å². The highest BCUT2D eigenvalue weighted by Gasteiger charge is 2.03. The van der Waals surface area contributed by atoms with Crippen molar-refractivity contribution in [1.82, 2.24) is 0 Å². The van der Waals surface area contributed by atoms with Crippen molar-refractivity contribution in [1.29, 1.82) is 0 Å². The maximum absolute atomic E-state index is 10.0. The molecule has 3 nitrogen and oxygen atoms in total. The Kier molecular flexibility index (Phi) is 3.05. The van der Waals surface area contributed by atoms with Gasteiger partial charge in [0, 0.05) is 9.95 Å². The van der Waals surface area contributed by atoms with Gasteiger partial charge in [-0.2, -0.15) is 0 Å². The predicted molar refractivity (Wildman–Crippen MR) is 46.7 cm³/mol. The molecule has 0 unspecified atom stereocenters. The van der Waals surface area contributed by atoms with Crippen molar-refractivity contribution in [2.75, 3.05) is 6.54 Å². The molecule has 0 bridgehead atoms. The van der Waals surface area contributed by atoms with Gasteiger partial charge in [0.2, 0.25) is 6.54 Å². The number of benzene rings is 1. The molecule has 0 aliphatic carbocycles. The van der Waals surface area contributed by atoms with Gasteiger partial charge in [-0.3, -0.25) is 10.1 Å². The van der Waals surface area contributed by atoms with E-state index in [2.05, 4.69) is 0 Å². The predicted octanol–water partition coefficient (Wildman–Crippen LogP) is 2.17. The zero-order chi connectivity index (χ0) is 8.97. The van der Waals surface area contributed by atoms with Crippen LogP contribution in [-0.4, -0.2) is 11.5 Å². The minimum Gasteiger partial charge on any atom is -0.265 e. The zero-order valence-electron chi connectivity index (χ0n) is 6.24. The van der Waals surface area contributed by atoms with Gasteiger partial charge >= 0.3 is 0 Å². The molecule has 0 N–H and O–H groups in total. The van der Waals surface area contributed by atoms with E-state index in [0.29, 0.717) is 10.6 Å². The third kappa shape index (κ3) is 2.51. The molecule has 63 valence electrons. The number of nitro groups is 1. The summed E-state index contributed by atoms with van der Waals surface area (Å²) in [7, 11) is 0. The highest BCUT2D eigenvalue weighted by molar-refractivity contribution is 6.31. The Morgan fingerprint density at radius 3 is 2.75 bits per heavy atom. The largest absolute Gasteiger partial charge is 0.265 e. The summed E-state index contributed by atoms with van der Waals surface area (Å²) in [5.41, 5.74) is 0.705. The van der Waals surface area contributed by atoms with Crippen LogP contribution >= 0.6 is 11.6 Å². The first-order valence-corrected chi connectivity index (χ1v) is 3.77. The molecule has 0 aliphatic heterocycles. The van der Waals surface area contributed by atoms with Crippen LogP contribution in [0.1, 0.15) is 5.56 Å². The quantitative estimate of drug-likeness (QED) is 0.534. The Hall–Kier alpha value is -1.09. The van der Waals surface area contributed by atoms with Crippen molar-refractivity contribution in [3.8, 4) is 0 Å². The second-order valence-electron chi connectivity index (χ2n) is 2.24. The average Bonchev–Trinajstić information content (AvgIpc) is 2.03. The molecule has 0 saturated heterocycles. The van der Waals surface area contributed by atoms with E-state index < -0.39 is 4.92 Å². The first-order chi connectivity index (χ1) is 5.70. The maximum atomic E-state index is 10.0. The third-order valence-electron chi connectivity index (χ3n) is 1.37. The smallest absolute Gasteiger partial charge is 0.211 e. The second-order valence-corrected chi connectivity index (χ2v) is 2.65. The van der Waals surface area contributed by atoms with Gasteiger partial charge in [-0.1, -0.05) is 29.8 Å². The number of rotatable bonds is 3. The molecule has 12 heavy (non-hydrogen) atoms. The van der Waals surface area contributed by atoms with Crippen molar-refractivity contribution >= 4 is 11.6 Å². The van der Waals surface area contributed by atoms with Crippen molar-refractivity contribution < 1.29 is 4.92 Å². The molecular weight excluding hydrogens is 178 g/mol. The Labute approximate surface area is 75.1 Å². The Morgan fingerprint density at radius 2 is 2.17 bits per heavy atom. The van der Waals surface area contributed by atoms with Gasteiger partial charge in [-0.05, 0) is 11.6 Å². The molecule has 0 aliphatic rings. The zero-order valence-corrected chi connectivity index (χ0v) is 6.99. The first kappa shape index (κ1) is 9.00. The van der Waals surface area contributed by atoms with Crippen molar-refractivity contribution in [2.24, 2.45) is 0 Å². The van der Waals surface area contributed by atoms with Crippen molar-refractivity contribution in [2.45, 2.75) is 0 Å². The van der Waals surface area contributed by atoms with E-state index >= 15 is 0 Å². The number of hydrogen-bond acceptors (Lipinski definition) is 2. The highest BCUT2D eigenvalue weighted by Crippen LogP contribution is 2.16. The van der Waals surface area contributed by atoms with E-state index in [1.54, 1.807) is 24.3 Å². The summed E-state index contributed by atoms with van der Waals surface area (Å²) in [4.78, 5) is 9.62. The van der Waals surface area contributed by atoms with Crippen LogP contribution in [0.5, 0.6) is 0 Å². The summed E-state index contributed by atoms with van der Waals surface area (Å²) in [5, 5.41) is 10.6. The van der Waals surface area contributed by atoms with Crippen LogP contribution in [0, 0.1) is 16.5 Å². The fourth-order valence-electron chi connectivity index (χ4n) is 0.814. The molecule has 1 rings (SSSR count). The first-order valence-electron chi connectivity index (χ1n) is 3.39. The van der Waals surface area contributed by atoms with E-state index in [-0.39, 0.29) is 6.54 Å². The summed E-state index contributed by atoms with van der Waals surface area (Å²) in [6, 6.07) is 7.02. The van der Waals surface area contributed by atoms with Crippen LogP contribution in [0.15, 0.2) is 24.3 Å². The van der Waals surface area contributed by atoms with E-state index in [1.165, 1.54) is 6.42 Å². The molecule has 0 spiro atoms. The van der Waals surface area contributed by atoms with Crippen LogP contribution in [0.3, 0.4) is 0 Å². The summed E-state index contributed by atoms with van der Waals surface area (Å²) in [6.45, 7) is -0.191. The fourth-order valence-corrected chi connectivity index (χ4v) is 1.03. The minimum atomic E-state index is -0.399. The van der Waals surface area contributed by atoms with Gasteiger partial charge in [0.15, 0.2) is 0 Å². The lowest BCUT2D eigenvalue weighted by atomic mass is 10.1. The van der Waals surface area contributed by atoms with E-state index in [9.17, 15) is 10.1 Å². The number of halogens is 1. The summed E-state index contributed by atoms with van der Waals surface area (Å²) < 4.78 is 0. The molecular formula is C8H7ClNO2. The lowest BCUT2D eigenvalue weighted by Crippen LogP contribution is -2.01. The third-order valence-corrected chi connectivity index (χ3v) is 1.71. The molecule has 0 atom stereocenters. The molecule has 0 heterocycles. The molecule has 0 saturated carbocycles. The van der Waals surface area contributed by atoms with Crippen LogP contribution in [0.25, 0.3) is 0 Å². The molecule has 0 fully saturated rings. The normalized spacial score (nSPS) is 9.75. The van der Waals surface area contributed by atoms with Crippen LogP contribution < -0.4 is 0 Å². The van der Waals surface area contributed by atoms with E-state index in [1.807, 2.05) is 0 Å². The van der Waals surface area contributed by atoms with Crippen LogP contribution in [0.2, 0.25) is 5.02 Å². The van der Waals surface area contributed by atoms with Gasteiger partial charge in [0.1, 0.15) is 0 Å². The number of nitrogens with zero attached hydrogens (tertiary/aromatic N) is 1. The topological polar surface area (TPSA) is 43.1 Å². The van der Waals surface area contributed by atoms with E-state index in [4.69, 9.17) is 11.6 Å². The standard InChI is InChI=1S/C8H7ClNO2/c9-8-4-2-1-3-7(8)5-6-10(11)12/h1-5H,6H2. The molecule has 1 radical (unpaired) electrons. The van der Waals surface area contributed by atoms with E-state index in [0.717, 1.165) is 0 Å². The Bertz CT molecular complexity index is 288. The van der Waals surface area contributed by atoms with Gasteiger partial charge in [0.25, 0.3) is 0 Å². The molecule has 4 heteroatoms. The lowest BCUT2D eigenvalue weighted by molar-refractivity contribution is -0.471.